The van der Waals surface area contributed by atoms with E-state index in [1.165, 1.54) is 0 Å². The van der Waals surface area contributed by atoms with Crippen molar-refractivity contribution < 1.29 is 14.0 Å². The third-order valence-corrected chi connectivity index (χ3v) is 4.54. The molecule has 0 aliphatic carbocycles. The second kappa shape index (κ2) is 5.66. The second-order valence-electron chi connectivity index (χ2n) is 6.56. The van der Waals surface area contributed by atoms with Crippen LogP contribution in [0.25, 0.3) is 0 Å². The summed E-state index contributed by atoms with van der Waals surface area (Å²) in [4.78, 5) is 0. The van der Waals surface area contributed by atoms with Crippen molar-refractivity contribution in [1.82, 2.24) is 0 Å². The monoisotopic (exact) mass is 330 g/mol. The van der Waals surface area contributed by atoms with E-state index in [0.717, 1.165) is 5.46 Å². The first-order valence-electron chi connectivity index (χ1n) is 7.05. The number of rotatable bonds is 3. The Morgan fingerprint density at radius 3 is 2.00 bits per heavy atom. The first kappa shape index (κ1) is 16.9. The van der Waals surface area contributed by atoms with Crippen LogP contribution < -0.4 is 10.2 Å². The standard InChI is InChI=1S/C15H21BCl2O3/c1-9(2)19-13-7-10(11(17)8-12(13)18)16-20-14(3,4)15(5,6)21-16/h7-9H,1-6H3. The molecule has 0 bridgehead atoms. The molecule has 0 saturated carbocycles. The fourth-order valence-corrected chi connectivity index (χ4v) is 2.56. The van der Waals surface area contributed by atoms with E-state index in [9.17, 15) is 0 Å². The lowest BCUT2D eigenvalue weighted by Crippen LogP contribution is -2.41. The lowest BCUT2D eigenvalue weighted by atomic mass is 9.79. The summed E-state index contributed by atoms with van der Waals surface area (Å²) in [6, 6.07) is 3.47. The topological polar surface area (TPSA) is 27.7 Å². The third-order valence-electron chi connectivity index (χ3n) is 3.92. The van der Waals surface area contributed by atoms with Crippen molar-refractivity contribution in [1.29, 1.82) is 0 Å². The molecule has 1 aromatic carbocycles. The molecule has 1 heterocycles. The van der Waals surface area contributed by atoms with Crippen molar-refractivity contribution in [3.63, 3.8) is 0 Å². The van der Waals surface area contributed by atoms with E-state index in [2.05, 4.69) is 0 Å². The van der Waals surface area contributed by atoms with Gasteiger partial charge in [0.25, 0.3) is 0 Å². The third kappa shape index (κ3) is 3.34. The summed E-state index contributed by atoms with van der Waals surface area (Å²) in [7, 11) is -0.533. The molecule has 1 aromatic rings. The van der Waals surface area contributed by atoms with Gasteiger partial charge in [0.2, 0.25) is 0 Å². The van der Waals surface area contributed by atoms with E-state index < -0.39 is 18.3 Å². The number of halogens is 2. The van der Waals surface area contributed by atoms with Gasteiger partial charge in [-0.25, -0.2) is 0 Å². The summed E-state index contributed by atoms with van der Waals surface area (Å²) < 4.78 is 17.8. The Labute approximate surface area is 137 Å². The van der Waals surface area contributed by atoms with Crippen LogP contribution >= 0.6 is 23.2 Å². The summed E-state index contributed by atoms with van der Waals surface area (Å²) in [6.07, 6.45) is 0.0230. The molecule has 3 nitrogen and oxygen atoms in total. The number of hydrogen-bond donors (Lipinski definition) is 0. The number of hydrogen-bond acceptors (Lipinski definition) is 3. The zero-order valence-corrected chi connectivity index (χ0v) is 14.8. The van der Waals surface area contributed by atoms with Crippen molar-refractivity contribution in [2.24, 2.45) is 0 Å². The Morgan fingerprint density at radius 1 is 1.00 bits per heavy atom. The Hall–Kier alpha value is -0.415. The molecule has 0 amide bonds. The minimum atomic E-state index is -0.533. The molecule has 0 aromatic heterocycles. The van der Waals surface area contributed by atoms with Crippen LogP contribution in [0.1, 0.15) is 41.5 Å². The highest BCUT2D eigenvalue weighted by Crippen LogP contribution is 2.38. The Kier molecular flexibility index (Phi) is 4.56. The van der Waals surface area contributed by atoms with Gasteiger partial charge in [0, 0.05) is 10.5 Å². The van der Waals surface area contributed by atoms with Gasteiger partial charge >= 0.3 is 7.12 Å². The van der Waals surface area contributed by atoms with Crippen molar-refractivity contribution in [2.45, 2.75) is 58.8 Å². The van der Waals surface area contributed by atoms with Crippen molar-refractivity contribution in [3.05, 3.63) is 22.2 Å². The highest BCUT2D eigenvalue weighted by atomic mass is 35.5. The highest BCUT2D eigenvalue weighted by molar-refractivity contribution is 6.66. The molecule has 2 rings (SSSR count). The van der Waals surface area contributed by atoms with E-state index >= 15 is 0 Å². The first-order chi connectivity index (χ1) is 9.53. The zero-order chi connectivity index (χ0) is 16.0. The Balaban J connectivity index is 2.37. The average molecular weight is 331 g/mol. The maximum atomic E-state index is 6.30. The van der Waals surface area contributed by atoms with Gasteiger partial charge in [0.15, 0.2) is 0 Å². The van der Waals surface area contributed by atoms with Crippen molar-refractivity contribution >= 4 is 35.8 Å². The molecular weight excluding hydrogens is 310 g/mol. The molecule has 116 valence electrons. The lowest BCUT2D eigenvalue weighted by Gasteiger charge is -2.32. The van der Waals surface area contributed by atoms with E-state index in [1.54, 1.807) is 12.1 Å². The van der Waals surface area contributed by atoms with Gasteiger partial charge in [-0.2, -0.15) is 0 Å². The summed E-state index contributed by atoms with van der Waals surface area (Å²) in [5.41, 5.74) is -0.102. The smallest absolute Gasteiger partial charge is 0.489 e. The van der Waals surface area contributed by atoms with Gasteiger partial charge in [-0.05, 0) is 53.7 Å². The molecule has 1 aliphatic heterocycles. The molecule has 0 spiro atoms. The predicted molar refractivity (Wildman–Crippen MR) is 87.9 cm³/mol. The van der Waals surface area contributed by atoms with E-state index in [0.29, 0.717) is 15.8 Å². The van der Waals surface area contributed by atoms with Crippen LogP contribution in [0.5, 0.6) is 5.75 Å². The fraction of sp³-hybridized carbons (Fsp3) is 0.600. The predicted octanol–water partition coefficient (Wildman–Crippen LogP) is 4.08. The maximum absolute atomic E-state index is 6.30. The SMILES string of the molecule is CC(C)Oc1cc(B2OC(C)(C)C(C)(C)O2)c(Cl)cc1Cl. The van der Waals surface area contributed by atoms with E-state index in [1.807, 2.05) is 41.5 Å². The van der Waals surface area contributed by atoms with Crippen LogP contribution in [0, 0.1) is 0 Å². The molecule has 0 atom stereocenters. The lowest BCUT2D eigenvalue weighted by molar-refractivity contribution is 0.00578. The molecule has 0 N–H and O–H groups in total. The quantitative estimate of drug-likeness (QED) is 0.781. The van der Waals surface area contributed by atoms with Crippen molar-refractivity contribution in [2.75, 3.05) is 0 Å². The van der Waals surface area contributed by atoms with Crippen LogP contribution in [0.15, 0.2) is 12.1 Å². The van der Waals surface area contributed by atoms with Gasteiger partial charge in [-0.15, -0.1) is 0 Å². The molecular formula is C15H21BCl2O3. The molecule has 1 aliphatic rings. The minimum Gasteiger partial charge on any atom is -0.489 e. The van der Waals surface area contributed by atoms with Crippen LogP contribution in [-0.2, 0) is 9.31 Å². The van der Waals surface area contributed by atoms with Gasteiger partial charge in [0.1, 0.15) is 5.75 Å². The van der Waals surface area contributed by atoms with Crippen LogP contribution in [-0.4, -0.2) is 24.4 Å². The average Bonchev–Trinajstić information content (AvgIpc) is 2.51. The highest BCUT2D eigenvalue weighted by Gasteiger charge is 2.52. The molecule has 0 unspecified atom stereocenters. The largest absolute Gasteiger partial charge is 0.496 e. The van der Waals surface area contributed by atoms with Crippen LogP contribution in [0.4, 0.5) is 0 Å². The minimum absolute atomic E-state index is 0.0230. The van der Waals surface area contributed by atoms with Gasteiger partial charge in [-0.1, -0.05) is 23.2 Å². The summed E-state index contributed by atoms with van der Waals surface area (Å²) in [5, 5.41) is 0.989. The Bertz CT molecular complexity index is 528. The molecule has 6 heteroatoms. The fourth-order valence-electron chi connectivity index (χ4n) is 2.04. The van der Waals surface area contributed by atoms with Crippen LogP contribution in [0.3, 0.4) is 0 Å². The van der Waals surface area contributed by atoms with E-state index in [4.69, 9.17) is 37.2 Å². The number of benzene rings is 1. The normalized spacial score (nSPS) is 20.1. The molecule has 1 saturated heterocycles. The van der Waals surface area contributed by atoms with Gasteiger partial charge in [0.05, 0.1) is 22.3 Å². The van der Waals surface area contributed by atoms with Crippen molar-refractivity contribution in [3.8, 4) is 5.75 Å². The van der Waals surface area contributed by atoms with Gasteiger partial charge < -0.3 is 14.0 Å². The van der Waals surface area contributed by atoms with Crippen LogP contribution in [0.2, 0.25) is 10.0 Å². The summed E-state index contributed by atoms with van der Waals surface area (Å²) in [6.45, 7) is 11.9. The molecule has 21 heavy (non-hydrogen) atoms. The molecule has 1 fully saturated rings. The molecule has 0 radical (unpaired) electrons. The maximum Gasteiger partial charge on any atom is 0.496 e. The first-order valence-corrected chi connectivity index (χ1v) is 7.80. The Morgan fingerprint density at radius 2 is 1.52 bits per heavy atom. The summed E-state index contributed by atoms with van der Waals surface area (Å²) in [5.74, 6) is 0.584. The summed E-state index contributed by atoms with van der Waals surface area (Å²) >= 11 is 12.5. The van der Waals surface area contributed by atoms with E-state index in [-0.39, 0.29) is 6.10 Å². The van der Waals surface area contributed by atoms with Gasteiger partial charge in [-0.3, -0.25) is 0 Å². The number of ether oxygens (including phenoxy) is 1. The second-order valence-corrected chi connectivity index (χ2v) is 7.37. The zero-order valence-electron chi connectivity index (χ0n) is 13.3.